The molecule has 11 heteroatoms. The summed E-state index contributed by atoms with van der Waals surface area (Å²) in [6.45, 7) is 1.25. The van der Waals surface area contributed by atoms with E-state index in [1.54, 1.807) is 36.5 Å². The van der Waals surface area contributed by atoms with Crippen molar-refractivity contribution in [3.8, 4) is 16.9 Å². The Balaban J connectivity index is 1.84. The lowest BCUT2D eigenvalue weighted by molar-refractivity contribution is -0.131. The summed E-state index contributed by atoms with van der Waals surface area (Å²) in [5, 5.41) is 22.8. The minimum atomic E-state index is -3.81. The first-order valence-electron chi connectivity index (χ1n) is 9.74. The van der Waals surface area contributed by atoms with E-state index in [0.717, 1.165) is 6.26 Å². The number of halogens is 1. The Morgan fingerprint density at radius 2 is 2.03 bits per heavy atom. The molecule has 2 aromatic carbocycles. The largest absolute Gasteiger partial charge is 0.491 e. The number of benzene rings is 2. The van der Waals surface area contributed by atoms with Crippen molar-refractivity contribution in [2.75, 3.05) is 19.5 Å². The highest BCUT2D eigenvalue weighted by Crippen LogP contribution is 2.29. The predicted molar refractivity (Wildman–Crippen MR) is 116 cm³/mol. The molecule has 172 valence electrons. The monoisotopic (exact) mass is 465 g/mol. The number of amides is 1. The van der Waals surface area contributed by atoms with Crippen molar-refractivity contribution in [3.05, 3.63) is 48.4 Å². The third-order valence-corrected chi connectivity index (χ3v) is 7.41. The summed E-state index contributed by atoms with van der Waals surface area (Å²) in [4.78, 5) is 12.0. The van der Waals surface area contributed by atoms with Crippen LogP contribution in [0.4, 0.5) is 4.39 Å². The molecule has 0 aliphatic carbocycles. The molecule has 9 nitrogen and oxygen atoms in total. The van der Waals surface area contributed by atoms with Crippen molar-refractivity contribution in [2.24, 2.45) is 0 Å². The zero-order valence-corrected chi connectivity index (χ0v) is 18.4. The summed E-state index contributed by atoms with van der Waals surface area (Å²) in [6, 6.07) is 9.62. The van der Waals surface area contributed by atoms with E-state index in [1.165, 1.54) is 23.2 Å². The number of nitrogens with one attached hydrogen (secondary N) is 1. The highest BCUT2D eigenvalue weighted by molar-refractivity contribution is 7.92. The molecule has 1 atom stereocenters. The van der Waals surface area contributed by atoms with Crippen LogP contribution >= 0.6 is 0 Å². The molecule has 0 unspecified atom stereocenters. The van der Waals surface area contributed by atoms with Crippen LogP contribution in [0.1, 0.15) is 13.3 Å². The molecule has 3 rings (SSSR count). The molecule has 1 aromatic heterocycles. The molecule has 3 aromatic rings. The summed E-state index contributed by atoms with van der Waals surface area (Å²) in [6.07, 6.45) is 2.50. The number of hydrogen-bond acceptors (Lipinski definition) is 7. The van der Waals surface area contributed by atoms with E-state index in [9.17, 15) is 17.6 Å². The zero-order chi connectivity index (χ0) is 23.5. The number of carbonyl (C=O) groups is 1. The topological polar surface area (TPSA) is 131 Å². The van der Waals surface area contributed by atoms with Crippen LogP contribution < -0.4 is 10.2 Å². The number of hydrogen-bond donors (Lipinski definition) is 3. The van der Waals surface area contributed by atoms with E-state index in [2.05, 4.69) is 5.10 Å². The number of nitrogens with zero attached hydrogens (tertiary/aromatic N) is 2. The van der Waals surface area contributed by atoms with Gasteiger partial charge in [-0.1, -0.05) is 6.07 Å². The maximum Gasteiger partial charge on any atom is 0.264 e. The van der Waals surface area contributed by atoms with Gasteiger partial charge in [-0.2, -0.15) is 5.10 Å². The summed E-state index contributed by atoms with van der Waals surface area (Å²) in [5.74, 6) is -1.18. The lowest BCUT2D eigenvalue weighted by Crippen LogP contribution is -2.49. The van der Waals surface area contributed by atoms with Crippen LogP contribution in [0.3, 0.4) is 0 Å². The first kappa shape index (κ1) is 23.6. The van der Waals surface area contributed by atoms with Gasteiger partial charge in [0.05, 0.1) is 12.1 Å². The van der Waals surface area contributed by atoms with Crippen molar-refractivity contribution in [2.45, 2.75) is 24.6 Å². The van der Waals surface area contributed by atoms with Gasteiger partial charge >= 0.3 is 0 Å². The molecule has 32 heavy (non-hydrogen) atoms. The van der Waals surface area contributed by atoms with Gasteiger partial charge in [0.1, 0.15) is 18.2 Å². The van der Waals surface area contributed by atoms with Gasteiger partial charge in [-0.3, -0.25) is 14.7 Å². The highest BCUT2D eigenvalue weighted by atomic mass is 32.2. The minimum Gasteiger partial charge on any atom is -0.491 e. The fourth-order valence-electron chi connectivity index (χ4n) is 3.26. The average Bonchev–Trinajstić information content (AvgIpc) is 3.16. The summed E-state index contributed by atoms with van der Waals surface area (Å²) >= 11 is 0. The number of sulfone groups is 1. The number of fused-ring (bicyclic) bond motifs is 1. The van der Waals surface area contributed by atoms with Gasteiger partial charge in [0.25, 0.3) is 5.91 Å². The molecule has 3 N–H and O–H groups in total. The number of hydroxylamine groups is 1. The molecule has 1 amide bonds. The Hall–Kier alpha value is -3.02. The molecular formula is C21H24FN3O6S. The van der Waals surface area contributed by atoms with Crippen LogP contribution in [0.15, 0.2) is 42.6 Å². The van der Waals surface area contributed by atoms with Gasteiger partial charge in [-0.25, -0.2) is 18.3 Å². The first-order valence-corrected chi connectivity index (χ1v) is 11.6. The van der Waals surface area contributed by atoms with Gasteiger partial charge in [0.15, 0.2) is 14.6 Å². The maximum absolute atomic E-state index is 14.6. The molecule has 0 bridgehead atoms. The molecule has 0 aliphatic heterocycles. The van der Waals surface area contributed by atoms with Gasteiger partial charge in [-0.05, 0) is 43.2 Å². The standard InChI is InChI=1S/C21H24FN3O6S/c1-21(20(27)24-28,32(2,29)30)7-8-25-13-15-11-14(3-6-19(15)23-25)17-5-4-16(12-18(17)22)31-10-9-26/h3-6,11-13,26,28H,7-10H2,1-2H3,(H,24,27)/t21-/m1/s1. The summed E-state index contributed by atoms with van der Waals surface area (Å²) in [7, 11) is -3.81. The molecule has 0 saturated carbocycles. The number of aliphatic hydroxyl groups excluding tert-OH is 1. The predicted octanol–water partition coefficient (Wildman–Crippen LogP) is 1.91. The zero-order valence-electron chi connectivity index (χ0n) is 17.6. The summed E-state index contributed by atoms with van der Waals surface area (Å²) < 4.78 is 43.7. The van der Waals surface area contributed by atoms with Crippen molar-refractivity contribution in [1.29, 1.82) is 0 Å². The second-order valence-electron chi connectivity index (χ2n) is 7.57. The van der Waals surface area contributed by atoms with Crippen LogP contribution in [0.25, 0.3) is 22.0 Å². The highest BCUT2D eigenvalue weighted by Gasteiger charge is 2.43. The third-order valence-electron chi connectivity index (χ3n) is 5.38. The maximum atomic E-state index is 14.6. The smallest absolute Gasteiger partial charge is 0.264 e. The van der Waals surface area contributed by atoms with E-state index in [4.69, 9.17) is 15.1 Å². The normalized spacial score (nSPS) is 13.7. The van der Waals surface area contributed by atoms with Gasteiger partial charge in [-0.15, -0.1) is 0 Å². The molecular weight excluding hydrogens is 441 g/mol. The Morgan fingerprint density at radius 3 is 2.66 bits per heavy atom. The molecule has 0 radical (unpaired) electrons. The molecule has 0 aliphatic rings. The molecule has 1 heterocycles. The third kappa shape index (κ3) is 4.74. The van der Waals surface area contributed by atoms with Gasteiger partial charge < -0.3 is 9.84 Å². The minimum absolute atomic E-state index is 0.0717. The van der Waals surface area contributed by atoms with Gasteiger partial charge in [0, 0.05) is 36.0 Å². The number of carbonyl (C=O) groups excluding carboxylic acids is 1. The van der Waals surface area contributed by atoms with E-state index in [1.807, 2.05) is 0 Å². The number of rotatable bonds is 9. The fourth-order valence-corrected chi connectivity index (χ4v) is 4.10. The van der Waals surface area contributed by atoms with Crippen LogP contribution in [0.2, 0.25) is 0 Å². The van der Waals surface area contributed by atoms with Crippen LogP contribution in [-0.2, 0) is 21.2 Å². The van der Waals surface area contributed by atoms with Crippen molar-refractivity contribution >= 4 is 26.6 Å². The average molecular weight is 466 g/mol. The first-order chi connectivity index (χ1) is 15.1. The molecule has 0 saturated heterocycles. The van der Waals surface area contributed by atoms with E-state index in [-0.39, 0.29) is 26.2 Å². The lowest BCUT2D eigenvalue weighted by atomic mass is 10.0. The SMILES string of the molecule is C[C@@](CCn1cc2cc(-c3ccc(OCCO)cc3F)ccc2n1)(C(=O)NO)S(C)(=O)=O. The van der Waals surface area contributed by atoms with E-state index in [0.29, 0.717) is 27.8 Å². The Labute approximate surface area is 184 Å². The Morgan fingerprint density at radius 1 is 1.28 bits per heavy atom. The van der Waals surface area contributed by atoms with Crippen LogP contribution in [0, 0.1) is 5.82 Å². The Kier molecular flexibility index (Phi) is 6.82. The lowest BCUT2D eigenvalue weighted by Gasteiger charge is -2.24. The second-order valence-corrected chi connectivity index (χ2v) is 10.0. The number of ether oxygens (including phenoxy) is 1. The molecule has 0 fully saturated rings. The van der Waals surface area contributed by atoms with Gasteiger partial charge in [0.2, 0.25) is 0 Å². The van der Waals surface area contributed by atoms with E-state index < -0.39 is 26.3 Å². The van der Waals surface area contributed by atoms with Crippen LogP contribution in [0.5, 0.6) is 5.75 Å². The quantitative estimate of drug-likeness (QED) is 0.325. The van der Waals surface area contributed by atoms with Crippen molar-refractivity contribution in [3.63, 3.8) is 0 Å². The van der Waals surface area contributed by atoms with Crippen molar-refractivity contribution in [1.82, 2.24) is 15.3 Å². The number of aromatic nitrogens is 2. The number of aryl methyl sites for hydroxylation is 1. The molecule has 0 spiro atoms. The van der Waals surface area contributed by atoms with Crippen LogP contribution in [-0.4, -0.2) is 58.6 Å². The van der Waals surface area contributed by atoms with Crippen molar-refractivity contribution < 1.29 is 32.7 Å². The number of aliphatic hydroxyl groups is 1. The second kappa shape index (κ2) is 9.23. The Bertz CT molecular complexity index is 1240. The fraction of sp³-hybridized carbons (Fsp3) is 0.333. The summed E-state index contributed by atoms with van der Waals surface area (Å²) in [5.41, 5.74) is 3.01. The van der Waals surface area contributed by atoms with E-state index >= 15 is 0 Å².